The smallest absolute Gasteiger partial charge is 0.267 e. The molecule has 0 radical (unpaired) electrons. The molecule has 0 N–H and O–H groups in total. The van der Waals surface area contributed by atoms with Crippen molar-refractivity contribution in [3.8, 4) is 0 Å². The first kappa shape index (κ1) is 12.9. The van der Waals surface area contributed by atoms with Crippen LogP contribution in [0.25, 0.3) is 0 Å². The Kier molecular flexibility index (Phi) is 3.06. The Balaban J connectivity index is 2.44. The number of amides is 1. The number of hydrogen-bond donors (Lipinski definition) is 0. The van der Waals surface area contributed by atoms with Crippen molar-refractivity contribution < 1.29 is 13.6 Å². The van der Waals surface area contributed by atoms with Crippen LogP contribution in [0, 0.1) is 11.6 Å². The Morgan fingerprint density at radius 2 is 1.94 bits per heavy atom. The molecule has 0 fully saturated rings. The summed E-state index contributed by atoms with van der Waals surface area (Å²) in [4.78, 5) is 15.4. The van der Waals surface area contributed by atoms with Gasteiger partial charge in [0.05, 0.1) is 17.9 Å². The first-order valence-corrected chi connectivity index (χ1v) is 5.57. The Labute approximate surface area is 107 Å². The molecule has 0 spiro atoms. The highest BCUT2D eigenvalue weighted by Crippen LogP contribution is 2.30. The SMILES string of the molecule is CC1(C)CC(Cl)=NN1C(=O)c1c(F)cncc1F. The topological polar surface area (TPSA) is 45.6 Å². The molecule has 18 heavy (non-hydrogen) atoms. The number of hydrazone groups is 1. The number of aromatic nitrogens is 1. The highest BCUT2D eigenvalue weighted by atomic mass is 35.5. The van der Waals surface area contributed by atoms with Crippen molar-refractivity contribution in [3.63, 3.8) is 0 Å². The summed E-state index contributed by atoms with van der Waals surface area (Å²) in [5.41, 5.74) is -1.38. The second-order valence-electron chi connectivity index (χ2n) is 4.56. The summed E-state index contributed by atoms with van der Waals surface area (Å²) in [5, 5.41) is 5.03. The molecule has 1 aromatic heterocycles. The molecule has 1 aromatic rings. The van der Waals surface area contributed by atoms with E-state index in [-0.39, 0.29) is 5.17 Å². The van der Waals surface area contributed by atoms with Crippen molar-refractivity contribution in [2.75, 3.05) is 0 Å². The molecule has 0 aromatic carbocycles. The summed E-state index contributed by atoms with van der Waals surface area (Å²) in [6, 6.07) is 0. The normalized spacial score (nSPS) is 17.8. The molecule has 0 saturated carbocycles. The van der Waals surface area contributed by atoms with E-state index < -0.39 is 28.6 Å². The molecule has 0 bridgehead atoms. The van der Waals surface area contributed by atoms with E-state index >= 15 is 0 Å². The van der Waals surface area contributed by atoms with Crippen molar-refractivity contribution in [2.24, 2.45) is 5.10 Å². The third-order valence-electron chi connectivity index (χ3n) is 2.62. The minimum absolute atomic E-state index is 0.225. The molecular formula is C11H10ClF2N3O. The van der Waals surface area contributed by atoms with Gasteiger partial charge in [0.15, 0.2) is 11.6 Å². The molecule has 0 saturated heterocycles. The lowest BCUT2D eigenvalue weighted by atomic mass is 10.0. The second kappa shape index (κ2) is 4.28. The standard InChI is InChI=1S/C11H10ClF2N3O/c1-11(2)3-8(12)16-17(11)10(18)9-6(13)4-15-5-7(9)14/h4-5H,3H2,1-2H3. The van der Waals surface area contributed by atoms with Gasteiger partial charge in [-0.25, -0.2) is 13.8 Å². The van der Waals surface area contributed by atoms with Crippen LogP contribution < -0.4 is 0 Å². The monoisotopic (exact) mass is 273 g/mol. The summed E-state index contributed by atoms with van der Waals surface area (Å²) >= 11 is 5.76. The fourth-order valence-electron chi connectivity index (χ4n) is 1.75. The summed E-state index contributed by atoms with van der Waals surface area (Å²) in [6.07, 6.45) is 1.91. The Hall–Kier alpha value is -1.56. The van der Waals surface area contributed by atoms with Crippen LogP contribution in [-0.2, 0) is 0 Å². The molecule has 2 rings (SSSR count). The molecule has 1 amide bonds. The minimum atomic E-state index is -1.02. The minimum Gasteiger partial charge on any atom is -0.267 e. The third kappa shape index (κ3) is 2.08. The summed E-state index contributed by atoms with van der Waals surface area (Å²) in [6.45, 7) is 3.42. The van der Waals surface area contributed by atoms with Crippen molar-refractivity contribution in [2.45, 2.75) is 25.8 Å². The lowest BCUT2D eigenvalue weighted by molar-refractivity contribution is 0.0602. The van der Waals surface area contributed by atoms with E-state index in [1.54, 1.807) is 13.8 Å². The van der Waals surface area contributed by atoms with Crippen LogP contribution in [-0.4, -0.2) is 26.6 Å². The molecule has 1 aliphatic heterocycles. The maximum Gasteiger partial charge on any atom is 0.280 e. The van der Waals surface area contributed by atoms with Crippen LogP contribution in [0.4, 0.5) is 8.78 Å². The quantitative estimate of drug-likeness (QED) is 0.789. The van der Waals surface area contributed by atoms with Crippen molar-refractivity contribution in [3.05, 3.63) is 29.6 Å². The first-order valence-electron chi connectivity index (χ1n) is 5.19. The summed E-state index contributed by atoms with van der Waals surface area (Å²) < 4.78 is 26.9. The zero-order valence-electron chi connectivity index (χ0n) is 9.75. The van der Waals surface area contributed by atoms with Gasteiger partial charge in [-0.1, -0.05) is 11.6 Å². The number of pyridine rings is 1. The highest BCUT2D eigenvalue weighted by Gasteiger charge is 2.39. The van der Waals surface area contributed by atoms with E-state index in [1.807, 2.05) is 0 Å². The van der Waals surface area contributed by atoms with Gasteiger partial charge in [0.2, 0.25) is 0 Å². The summed E-state index contributed by atoms with van der Waals surface area (Å²) in [7, 11) is 0. The average molecular weight is 274 g/mol. The van der Waals surface area contributed by atoms with Gasteiger partial charge in [-0.15, -0.1) is 0 Å². The zero-order chi connectivity index (χ0) is 13.5. The van der Waals surface area contributed by atoms with E-state index in [1.165, 1.54) is 0 Å². The van der Waals surface area contributed by atoms with E-state index in [4.69, 9.17) is 11.6 Å². The molecule has 0 aliphatic carbocycles. The molecular weight excluding hydrogens is 264 g/mol. The fraction of sp³-hybridized carbons (Fsp3) is 0.364. The van der Waals surface area contributed by atoms with Crippen LogP contribution >= 0.6 is 11.6 Å². The fourth-order valence-corrected chi connectivity index (χ4v) is 2.16. The van der Waals surface area contributed by atoms with Gasteiger partial charge in [-0.3, -0.25) is 9.78 Å². The molecule has 0 atom stereocenters. The van der Waals surface area contributed by atoms with E-state index in [9.17, 15) is 13.6 Å². The number of carbonyl (C=O) groups excluding carboxylic acids is 1. The predicted molar refractivity (Wildman–Crippen MR) is 62.3 cm³/mol. The van der Waals surface area contributed by atoms with E-state index in [2.05, 4.69) is 10.1 Å². The predicted octanol–water partition coefficient (Wildman–Crippen LogP) is 2.54. The van der Waals surface area contributed by atoms with Gasteiger partial charge in [0.1, 0.15) is 10.7 Å². The van der Waals surface area contributed by atoms with E-state index in [0.29, 0.717) is 6.42 Å². The van der Waals surface area contributed by atoms with Crippen molar-refractivity contribution in [1.82, 2.24) is 9.99 Å². The van der Waals surface area contributed by atoms with Gasteiger partial charge in [-0.05, 0) is 13.8 Å². The van der Waals surface area contributed by atoms with Gasteiger partial charge in [0, 0.05) is 6.42 Å². The molecule has 7 heteroatoms. The van der Waals surface area contributed by atoms with Crippen LogP contribution in [0.3, 0.4) is 0 Å². The maximum absolute atomic E-state index is 13.5. The lowest BCUT2D eigenvalue weighted by Gasteiger charge is -2.28. The Morgan fingerprint density at radius 1 is 1.39 bits per heavy atom. The zero-order valence-corrected chi connectivity index (χ0v) is 10.5. The van der Waals surface area contributed by atoms with Crippen LogP contribution in [0.5, 0.6) is 0 Å². The van der Waals surface area contributed by atoms with E-state index in [0.717, 1.165) is 17.4 Å². The van der Waals surface area contributed by atoms with Gasteiger partial charge < -0.3 is 0 Å². The lowest BCUT2D eigenvalue weighted by Crippen LogP contribution is -2.41. The largest absolute Gasteiger partial charge is 0.280 e. The van der Waals surface area contributed by atoms with Gasteiger partial charge in [-0.2, -0.15) is 5.10 Å². The van der Waals surface area contributed by atoms with Crippen molar-refractivity contribution >= 4 is 22.7 Å². The van der Waals surface area contributed by atoms with Crippen LogP contribution in [0.1, 0.15) is 30.6 Å². The number of rotatable bonds is 1. The highest BCUT2D eigenvalue weighted by molar-refractivity contribution is 6.65. The van der Waals surface area contributed by atoms with Gasteiger partial charge >= 0.3 is 0 Å². The summed E-state index contributed by atoms with van der Waals surface area (Å²) in [5.74, 6) is -2.91. The molecule has 1 aliphatic rings. The Bertz CT molecular complexity index is 525. The van der Waals surface area contributed by atoms with Crippen LogP contribution in [0.15, 0.2) is 17.5 Å². The number of halogens is 3. The molecule has 96 valence electrons. The second-order valence-corrected chi connectivity index (χ2v) is 5.00. The van der Waals surface area contributed by atoms with Crippen LogP contribution in [0.2, 0.25) is 0 Å². The number of hydrogen-bond acceptors (Lipinski definition) is 3. The average Bonchev–Trinajstić information content (AvgIpc) is 2.51. The number of nitrogens with zero attached hydrogens (tertiary/aromatic N) is 3. The third-order valence-corrected chi connectivity index (χ3v) is 2.83. The molecule has 2 heterocycles. The van der Waals surface area contributed by atoms with Crippen molar-refractivity contribution in [1.29, 1.82) is 0 Å². The first-order chi connectivity index (χ1) is 8.33. The number of carbonyl (C=O) groups is 1. The molecule has 0 unspecified atom stereocenters. The Morgan fingerprint density at radius 3 is 2.39 bits per heavy atom. The molecule has 4 nitrogen and oxygen atoms in total. The maximum atomic E-state index is 13.5. The van der Waals surface area contributed by atoms with Gasteiger partial charge in [0.25, 0.3) is 5.91 Å².